The maximum atomic E-state index is 11.8. The number of aliphatic hydroxyl groups excluding tert-OH is 1. The van der Waals surface area contributed by atoms with Gasteiger partial charge in [0.1, 0.15) is 13.2 Å². The second-order valence-corrected chi connectivity index (χ2v) is 5.74. The van der Waals surface area contributed by atoms with Gasteiger partial charge in [-0.2, -0.15) is 0 Å². The minimum absolute atomic E-state index is 0.0246. The van der Waals surface area contributed by atoms with E-state index in [1.807, 2.05) is 44.2 Å². The number of hydrogen-bond donors (Lipinski definition) is 1. The summed E-state index contributed by atoms with van der Waals surface area (Å²) in [6, 6.07) is 9.62. The molecule has 1 aromatic rings. The Morgan fingerprint density at radius 3 is 2.64 bits per heavy atom. The van der Waals surface area contributed by atoms with Gasteiger partial charge in [0.05, 0.1) is 6.61 Å². The first kappa shape index (κ1) is 16.5. The van der Waals surface area contributed by atoms with Crippen molar-refractivity contribution in [2.24, 2.45) is 5.92 Å². The maximum absolute atomic E-state index is 11.8. The van der Waals surface area contributed by atoms with Crippen molar-refractivity contribution in [3.63, 3.8) is 0 Å². The molecule has 1 heterocycles. The fraction of sp³-hybridized carbons (Fsp3) is 0.471. The molecule has 0 amide bonds. The summed E-state index contributed by atoms with van der Waals surface area (Å²) < 4.78 is 16.2. The summed E-state index contributed by atoms with van der Waals surface area (Å²) in [7, 11) is 0. The fourth-order valence-corrected chi connectivity index (χ4v) is 2.02. The zero-order chi connectivity index (χ0) is 16.0. The number of allylic oxidation sites excluding steroid dienone is 1. The van der Waals surface area contributed by atoms with Crippen LogP contribution in [0, 0.1) is 5.92 Å². The number of carbonyl (C=O) groups is 1. The topological polar surface area (TPSA) is 65.0 Å². The Morgan fingerprint density at radius 1 is 1.27 bits per heavy atom. The third kappa shape index (κ3) is 4.32. The number of carbonyl (C=O) groups excluding carboxylic acids is 1. The first-order valence-corrected chi connectivity index (χ1v) is 7.40. The molecule has 1 fully saturated rings. The molecule has 1 aliphatic heterocycles. The zero-order valence-corrected chi connectivity index (χ0v) is 13.0. The number of cyclic esters (lactones) is 1. The van der Waals surface area contributed by atoms with E-state index >= 15 is 0 Å². The number of aliphatic hydroxyl groups is 1. The molecule has 2 rings (SSSR count). The lowest BCUT2D eigenvalue weighted by Crippen LogP contribution is -2.40. The van der Waals surface area contributed by atoms with Crippen molar-refractivity contribution in [1.29, 1.82) is 0 Å². The van der Waals surface area contributed by atoms with Gasteiger partial charge in [-0.1, -0.05) is 44.2 Å². The number of esters is 1. The highest BCUT2D eigenvalue weighted by molar-refractivity contribution is 5.88. The quantitative estimate of drug-likeness (QED) is 0.619. The van der Waals surface area contributed by atoms with Crippen molar-refractivity contribution in [1.82, 2.24) is 0 Å². The van der Waals surface area contributed by atoms with Gasteiger partial charge < -0.3 is 19.3 Å². The highest BCUT2D eigenvalue weighted by Gasteiger charge is 2.45. The van der Waals surface area contributed by atoms with Crippen molar-refractivity contribution in [2.75, 3.05) is 13.2 Å². The molecule has 0 radical (unpaired) electrons. The number of ether oxygens (including phenoxy) is 3. The Kier molecular flexibility index (Phi) is 5.57. The standard InChI is InChI=1S/C17H22O5/c1-13(2)8-9-15-16(19)22-17(11-18,21-15)12-20-10-14-6-4-3-5-7-14/h3-7,9,13,18H,8,10-12H2,1-2H3/b15-9+. The lowest BCUT2D eigenvalue weighted by molar-refractivity contribution is -0.211. The molecule has 1 atom stereocenters. The van der Waals surface area contributed by atoms with E-state index in [0.29, 0.717) is 18.9 Å². The van der Waals surface area contributed by atoms with Crippen molar-refractivity contribution >= 4 is 5.97 Å². The van der Waals surface area contributed by atoms with Gasteiger partial charge in [0.15, 0.2) is 0 Å². The molecule has 5 nitrogen and oxygen atoms in total. The van der Waals surface area contributed by atoms with Crippen LogP contribution in [0.25, 0.3) is 0 Å². The van der Waals surface area contributed by atoms with Gasteiger partial charge in [0.25, 0.3) is 0 Å². The zero-order valence-electron chi connectivity index (χ0n) is 13.0. The summed E-state index contributed by atoms with van der Waals surface area (Å²) in [6.45, 7) is 3.96. The van der Waals surface area contributed by atoms with E-state index in [1.165, 1.54) is 0 Å². The van der Waals surface area contributed by atoms with E-state index in [9.17, 15) is 9.90 Å². The molecule has 1 unspecified atom stereocenters. The number of benzene rings is 1. The molecule has 0 spiro atoms. The summed E-state index contributed by atoms with van der Waals surface area (Å²) in [5, 5.41) is 9.52. The van der Waals surface area contributed by atoms with E-state index in [1.54, 1.807) is 6.08 Å². The predicted octanol–water partition coefficient (Wildman–Crippen LogP) is 2.40. The second-order valence-electron chi connectivity index (χ2n) is 5.74. The van der Waals surface area contributed by atoms with Gasteiger partial charge in [-0.25, -0.2) is 4.79 Å². The Morgan fingerprint density at radius 2 is 2.00 bits per heavy atom. The largest absolute Gasteiger partial charge is 0.440 e. The molecular weight excluding hydrogens is 284 g/mol. The van der Waals surface area contributed by atoms with Crippen LogP contribution >= 0.6 is 0 Å². The molecule has 5 heteroatoms. The van der Waals surface area contributed by atoms with Crippen LogP contribution in [0.2, 0.25) is 0 Å². The minimum atomic E-state index is -1.44. The van der Waals surface area contributed by atoms with Crippen LogP contribution in [0.1, 0.15) is 25.8 Å². The van der Waals surface area contributed by atoms with Gasteiger partial charge in [-0.15, -0.1) is 0 Å². The average molecular weight is 306 g/mol. The monoisotopic (exact) mass is 306 g/mol. The molecule has 0 saturated carbocycles. The molecule has 22 heavy (non-hydrogen) atoms. The Hall–Kier alpha value is -1.85. The molecule has 1 N–H and O–H groups in total. The fourth-order valence-electron chi connectivity index (χ4n) is 2.02. The SMILES string of the molecule is CC(C)C/C=C1/OC(CO)(COCc2ccccc2)OC1=O. The van der Waals surface area contributed by atoms with Crippen LogP contribution in [0.15, 0.2) is 42.2 Å². The van der Waals surface area contributed by atoms with Crippen molar-refractivity contribution in [3.05, 3.63) is 47.7 Å². The normalized spacial score (nSPS) is 22.9. The number of rotatable bonds is 7. The maximum Gasteiger partial charge on any atom is 0.376 e. The first-order valence-electron chi connectivity index (χ1n) is 7.40. The second kappa shape index (κ2) is 7.42. The third-order valence-electron chi connectivity index (χ3n) is 3.22. The summed E-state index contributed by atoms with van der Waals surface area (Å²) in [6.07, 6.45) is 2.40. The van der Waals surface area contributed by atoms with E-state index in [2.05, 4.69) is 0 Å². The van der Waals surface area contributed by atoms with Gasteiger partial charge in [0, 0.05) is 0 Å². The van der Waals surface area contributed by atoms with E-state index in [4.69, 9.17) is 14.2 Å². The molecule has 0 aromatic heterocycles. The minimum Gasteiger partial charge on any atom is -0.440 e. The molecule has 0 aliphatic carbocycles. The molecule has 1 saturated heterocycles. The van der Waals surface area contributed by atoms with Crippen molar-refractivity contribution in [2.45, 2.75) is 32.7 Å². The van der Waals surface area contributed by atoms with Gasteiger partial charge in [-0.05, 0) is 24.0 Å². The number of hydrogen-bond acceptors (Lipinski definition) is 5. The van der Waals surface area contributed by atoms with E-state index < -0.39 is 18.4 Å². The Labute approximate surface area is 130 Å². The first-order chi connectivity index (χ1) is 10.5. The molecule has 1 aliphatic rings. The Bertz CT molecular complexity index is 523. The van der Waals surface area contributed by atoms with Crippen LogP contribution in [-0.4, -0.2) is 30.1 Å². The van der Waals surface area contributed by atoms with Crippen molar-refractivity contribution < 1.29 is 24.1 Å². The molecule has 0 bridgehead atoms. The van der Waals surface area contributed by atoms with Gasteiger partial charge in [0.2, 0.25) is 5.76 Å². The predicted molar refractivity (Wildman–Crippen MR) is 80.6 cm³/mol. The smallest absolute Gasteiger partial charge is 0.376 e. The highest BCUT2D eigenvalue weighted by atomic mass is 16.8. The lowest BCUT2D eigenvalue weighted by Gasteiger charge is -2.23. The van der Waals surface area contributed by atoms with E-state index in [0.717, 1.165) is 5.56 Å². The van der Waals surface area contributed by atoms with Crippen LogP contribution in [-0.2, 0) is 25.6 Å². The van der Waals surface area contributed by atoms with Crippen LogP contribution in [0.4, 0.5) is 0 Å². The summed E-state index contributed by atoms with van der Waals surface area (Å²) in [4.78, 5) is 11.8. The van der Waals surface area contributed by atoms with Crippen LogP contribution in [0.3, 0.4) is 0 Å². The Balaban J connectivity index is 1.92. The van der Waals surface area contributed by atoms with E-state index in [-0.39, 0.29) is 12.4 Å². The van der Waals surface area contributed by atoms with Crippen molar-refractivity contribution in [3.8, 4) is 0 Å². The summed E-state index contributed by atoms with van der Waals surface area (Å²) in [5.41, 5.74) is 0.996. The van der Waals surface area contributed by atoms with Crippen LogP contribution in [0.5, 0.6) is 0 Å². The molecular formula is C17H22O5. The third-order valence-corrected chi connectivity index (χ3v) is 3.22. The summed E-state index contributed by atoms with van der Waals surface area (Å²) >= 11 is 0. The lowest BCUT2D eigenvalue weighted by atomic mass is 10.1. The summed E-state index contributed by atoms with van der Waals surface area (Å²) in [5.74, 6) is -1.44. The molecule has 120 valence electrons. The highest BCUT2D eigenvalue weighted by Crippen LogP contribution is 2.28. The van der Waals surface area contributed by atoms with Gasteiger partial charge in [-0.3, -0.25) is 0 Å². The molecule has 1 aromatic carbocycles. The van der Waals surface area contributed by atoms with Gasteiger partial charge >= 0.3 is 11.8 Å². The van der Waals surface area contributed by atoms with Crippen LogP contribution < -0.4 is 0 Å². The average Bonchev–Trinajstić information content (AvgIpc) is 2.83.